The molecule has 3 aromatic carbocycles. The van der Waals surface area contributed by atoms with Crippen molar-refractivity contribution >= 4 is 49.1 Å². The monoisotopic (exact) mass is 523 g/mol. The van der Waals surface area contributed by atoms with Gasteiger partial charge in [-0.25, -0.2) is 8.42 Å². The number of para-hydroxylation sites is 1. The summed E-state index contributed by atoms with van der Waals surface area (Å²) >= 11 is 1.30. The van der Waals surface area contributed by atoms with E-state index in [-0.39, 0.29) is 17.0 Å². The van der Waals surface area contributed by atoms with Crippen LogP contribution in [0.4, 0.5) is 5.69 Å². The van der Waals surface area contributed by atoms with E-state index >= 15 is 0 Å². The van der Waals surface area contributed by atoms with E-state index < -0.39 is 21.9 Å². The van der Waals surface area contributed by atoms with Gasteiger partial charge in [0.15, 0.2) is 4.80 Å². The van der Waals surface area contributed by atoms with Crippen molar-refractivity contribution in [1.29, 1.82) is 0 Å². The summed E-state index contributed by atoms with van der Waals surface area (Å²) in [6.07, 6.45) is 0. The van der Waals surface area contributed by atoms with Crippen LogP contribution in [0.3, 0.4) is 0 Å². The number of rotatable bonds is 6. The summed E-state index contributed by atoms with van der Waals surface area (Å²) in [5, 5.41) is 0. The Labute approximate surface area is 213 Å². The van der Waals surface area contributed by atoms with Gasteiger partial charge in [0.1, 0.15) is 6.54 Å². The largest absolute Gasteiger partial charge is 0.468 e. The molecule has 0 N–H and O–H groups in total. The van der Waals surface area contributed by atoms with Gasteiger partial charge in [0.05, 0.1) is 27.9 Å². The zero-order chi connectivity index (χ0) is 26.0. The molecule has 0 aliphatic carbocycles. The summed E-state index contributed by atoms with van der Waals surface area (Å²) in [6, 6.07) is 18.3. The lowest BCUT2D eigenvalue weighted by Gasteiger charge is -2.19. The Hall–Kier alpha value is -3.76. The highest BCUT2D eigenvalue weighted by atomic mass is 32.2. The summed E-state index contributed by atoms with van der Waals surface area (Å²) in [6.45, 7) is 3.88. The van der Waals surface area contributed by atoms with Gasteiger partial charge in [-0.1, -0.05) is 29.5 Å². The first kappa shape index (κ1) is 25.3. The number of benzene rings is 3. The fraction of sp³-hybridized carbons (Fsp3) is 0.192. The summed E-state index contributed by atoms with van der Waals surface area (Å²) < 4.78 is 34.6. The number of aryl methyl sites for hydroxylation is 2. The summed E-state index contributed by atoms with van der Waals surface area (Å²) in [7, 11) is -1.02. The number of sulfonamides is 1. The van der Waals surface area contributed by atoms with Crippen LogP contribution in [0.2, 0.25) is 0 Å². The van der Waals surface area contributed by atoms with E-state index in [2.05, 4.69) is 4.99 Å². The molecular formula is C26H25N3O5S2. The van der Waals surface area contributed by atoms with Crippen molar-refractivity contribution in [2.75, 3.05) is 18.5 Å². The number of nitrogens with zero attached hydrogens (tertiary/aromatic N) is 3. The molecule has 0 atom stereocenters. The predicted molar refractivity (Wildman–Crippen MR) is 140 cm³/mol. The number of hydrogen-bond acceptors (Lipinski definition) is 6. The van der Waals surface area contributed by atoms with Crippen LogP contribution >= 0.6 is 11.3 Å². The molecule has 10 heteroatoms. The van der Waals surface area contributed by atoms with Gasteiger partial charge in [-0.3, -0.25) is 13.9 Å². The highest BCUT2D eigenvalue weighted by Gasteiger charge is 2.21. The van der Waals surface area contributed by atoms with Crippen molar-refractivity contribution in [3.63, 3.8) is 0 Å². The number of methoxy groups -OCH3 is 1. The second kappa shape index (κ2) is 10.1. The molecular weight excluding hydrogens is 498 g/mol. The van der Waals surface area contributed by atoms with Gasteiger partial charge in [0.25, 0.3) is 15.9 Å². The number of carbonyl (C=O) groups is 2. The number of carbonyl (C=O) groups excluding carboxylic acids is 2. The van der Waals surface area contributed by atoms with Crippen molar-refractivity contribution in [3.8, 4) is 0 Å². The number of anilines is 1. The van der Waals surface area contributed by atoms with Gasteiger partial charge < -0.3 is 9.30 Å². The molecule has 0 saturated heterocycles. The molecule has 1 aromatic heterocycles. The number of thiazole rings is 1. The topological polar surface area (TPSA) is 98.0 Å². The molecule has 0 spiro atoms. The minimum atomic E-state index is -3.80. The molecule has 0 saturated carbocycles. The van der Waals surface area contributed by atoms with Crippen LogP contribution in [0.25, 0.3) is 10.2 Å². The Morgan fingerprint density at radius 2 is 1.64 bits per heavy atom. The third-order valence-corrected chi connectivity index (χ3v) is 8.73. The van der Waals surface area contributed by atoms with Gasteiger partial charge in [-0.15, -0.1) is 0 Å². The van der Waals surface area contributed by atoms with Crippen LogP contribution in [0, 0.1) is 13.8 Å². The maximum absolute atomic E-state index is 13.0. The lowest BCUT2D eigenvalue weighted by molar-refractivity contribution is -0.141. The Morgan fingerprint density at radius 1 is 1.00 bits per heavy atom. The molecule has 186 valence electrons. The Morgan fingerprint density at radius 3 is 2.28 bits per heavy atom. The van der Waals surface area contributed by atoms with Crippen molar-refractivity contribution in [2.45, 2.75) is 25.3 Å². The fourth-order valence-corrected chi connectivity index (χ4v) is 5.91. The first-order valence-electron chi connectivity index (χ1n) is 11.0. The van der Waals surface area contributed by atoms with Crippen molar-refractivity contribution in [3.05, 3.63) is 88.2 Å². The van der Waals surface area contributed by atoms with Crippen molar-refractivity contribution in [1.82, 2.24) is 4.57 Å². The van der Waals surface area contributed by atoms with Crippen LogP contribution < -0.4 is 9.11 Å². The molecule has 0 aliphatic heterocycles. The molecule has 36 heavy (non-hydrogen) atoms. The number of fused-ring (bicyclic) bond motifs is 1. The Bertz CT molecular complexity index is 1620. The molecule has 0 radical (unpaired) electrons. The van der Waals surface area contributed by atoms with E-state index in [4.69, 9.17) is 4.74 Å². The molecule has 0 unspecified atom stereocenters. The molecule has 4 rings (SSSR count). The highest BCUT2D eigenvalue weighted by Crippen LogP contribution is 2.23. The SMILES string of the molecule is COC(=O)Cn1c(=NC(=O)c2ccc(S(=O)(=O)N(C)c3ccccc3)cc2)sc2cc(C)c(C)cc21. The van der Waals surface area contributed by atoms with E-state index in [0.29, 0.717) is 10.5 Å². The van der Waals surface area contributed by atoms with E-state index in [1.54, 1.807) is 28.8 Å². The number of ether oxygens (including phenoxy) is 1. The smallest absolute Gasteiger partial charge is 0.325 e. The van der Waals surface area contributed by atoms with Gasteiger partial charge >= 0.3 is 5.97 Å². The predicted octanol–water partition coefficient (Wildman–Crippen LogP) is 4.06. The molecule has 0 fully saturated rings. The van der Waals surface area contributed by atoms with Crippen molar-refractivity contribution < 1.29 is 22.7 Å². The minimum absolute atomic E-state index is 0.0546. The number of esters is 1. The number of aromatic nitrogens is 1. The standard InChI is InChI=1S/C26H25N3O5S2/c1-17-14-22-23(15-18(17)2)35-26(29(22)16-24(30)34-4)27-25(31)19-10-12-21(13-11-19)36(32,33)28(3)20-8-6-5-7-9-20/h5-15H,16H2,1-4H3. The third kappa shape index (κ3) is 4.95. The van der Waals surface area contributed by atoms with Gasteiger partial charge in [-0.2, -0.15) is 4.99 Å². The number of hydrogen-bond donors (Lipinski definition) is 0. The molecule has 0 aliphatic rings. The van der Waals surface area contributed by atoms with Crippen LogP contribution in [-0.4, -0.2) is 39.0 Å². The zero-order valence-electron chi connectivity index (χ0n) is 20.3. The highest BCUT2D eigenvalue weighted by molar-refractivity contribution is 7.92. The first-order valence-corrected chi connectivity index (χ1v) is 13.3. The van der Waals surface area contributed by atoms with E-state index in [0.717, 1.165) is 21.3 Å². The third-order valence-electron chi connectivity index (χ3n) is 5.89. The minimum Gasteiger partial charge on any atom is -0.468 e. The van der Waals surface area contributed by atoms with E-state index in [9.17, 15) is 18.0 Å². The summed E-state index contributed by atoms with van der Waals surface area (Å²) in [5.74, 6) is -1.01. The molecule has 4 aromatic rings. The van der Waals surface area contributed by atoms with Gasteiger partial charge in [0.2, 0.25) is 0 Å². The normalized spacial score (nSPS) is 12.1. The number of amides is 1. The van der Waals surface area contributed by atoms with E-state index in [1.807, 2.05) is 32.0 Å². The van der Waals surface area contributed by atoms with E-state index in [1.165, 1.54) is 54.1 Å². The fourth-order valence-electron chi connectivity index (χ4n) is 3.61. The quantitative estimate of drug-likeness (QED) is 0.355. The van der Waals surface area contributed by atoms with Crippen LogP contribution in [0.1, 0.15) is 21.5 Å². The Kier molecular flexibility index (Phi) is 7.09. The summed E-state index contributed by atoms with van der Waals surface area (Å²) in [5.41, 5.74) is 3.67. The van der Waals surface area contributed by atoms with Crippen LogP contribution in [-0.2, 0) is 26.1 Å². The van der Waals surface area contributed by atoms with Crippen LogP contribution in [0.5, 0.6) is 0 Å². The van der Waals surface area contributed by atoms with Gasteiger partial charge in [-0.05, 0) is 73.5 Å². The van der Waals surface area contributed by atoms with Gasteiger partial charge in [0, 0.05) is 12.6 Å². The van der Waals surface area contributed by atoms with Crippen molar-refractivity contribution in [2.24, 2.45) is 4.99 Å². The lowest BCUT2D eigenvalue weighted by atomic mass is 10.1. The average Bonchev–Trinajstić information content (AvgIpc) is 3.19. The zero-order valence-corrected chi connectivity index (χ0v) is 21.9. The molecule has 8 nitrogen and oxygen atoms in total. The maximum atomic E-state index is 13.0. The second-order valence-electron chi connectivity index (χ2n) is 8.20. The molecule has 0 bridgehead atoms. The lowest BCUT2D eigenvalue weighted by Crippen LogP contribution is -2.26. The second-order valence-corrected chi connectivity index (χ2v) is 11.2. The maximum Gasteiger partial charge on any atom is 0.325 e. The summed E-state index contributed by atoms with van der Waals surface area (Å²) in [4.78, 5) is 29.7. The Balaban J connectivity index is 1.69. The van der Waals surface area contributed by atoms with Crippen LogP contribution in [0.15, 0.2) is 76.6 Å². The average molecular weight is 524 g/mol. The first-order chi connectivity index (χ1) is 17.1. The molecule has 1 heterocycles. The molecule has 1 amide bonds.